The van der Waals surface area contributed by atoms with Gasteiger partial charge in [0.25, 0.3) is 0 Å². The zero-order chi connectivity index (χ0) is 40.5. The Labute approximate surface area is 356 Å². The van der Waals surface area contributed by atoms with E-state index in [-0.39, 0.29) is 0 Å². The molecule has 0 unspecified atom stereocenters. The molecule has 0 aliphatic carbocycles. The van der Waals surface area contributed by atoms with E-state index in [2.05, 4.69) is 263 Å². The first-order valence-corrected chi connectivity index (χ1v) is 20.8. The largest absolute Gasteiger partial charge is 0.311 e. The van der Waals surface area contributed by atoms with Crippen molar-refractivity contribution < 1.29 is 0 Å². The van der Waals surface area contributed by atoms with Gasteiger partial charge in [0, 0.05) is 50.6 Å². The molecule has 0 aliphatic rings. The first-order chi connectivity index (χ1) is 30.3. The second kappa shape index (κ2) is 15.6. The quantitative estimate of drug-likeness (QED) is 0.145. The van der Waals surface area contributed by atoms with E-state index in [4.69, 9.17) is 0 Å². The van der Waals surface area contributed by atoms with Gasteiger partial charge in [-0.25, -0.2) is 0 Å². The third-order valence-corrected chi connectivity index (χ3v) is 11.8. The summed E-state index contributed by atoms with van der Waals surface area (Å²) in [6, 6.07) is 89.4. The van der Waals surface area contributed by atoms with E-state index in [1.807, 2.05) is 0 Å². The molecule has 0 radical (unpaired) electrons. The summed E-state index contributed by atoms with van der Waals surface area (Å²) < 4.78 is 2.38. The van der Waals surface area contributed by atoms with Gasteiger partial charge in [0.2, 0.25) is 0 Å². The number of para-hydroxylation sites is 4. The Bertz CT molecular complexity index is 3260. The Morgan fingerprint density at radius 1 is 0.262 bits per heavy atom. The van der Waals surface area contributed by atoms with Crippen LogP contribution >= 0.6 is 0 Å². The van der Waals surface area contributed by atoms with Crippen LogP contribution in [0.3, 0.4) is 0 Å². The van der Waals surface area contributed by atoms with Crippen molar-refractivity contribution in [3.05, 3.63) is 249 Å². The highest BCUT2D eigenvalue weighted by Crippen LogP contribution is 2.41. The van der Waals surface area contributed by atoms with Crippen LogP contribution in [0, 0.1) is 0 Å². The molecule has 10 aromatic carbocycles. The summed E-state index contributed by atoms with van der Waals surface area (Å²) in [5.74, 6) is 0. The lowest BCUT2D eigenvalue weighted by Crippen LogP contribution is -2.12. The van der Waals surface area contributed by atoms with Gasteiger partial charge in [0.1, 0.15) is 0 Å². The molecule has 0 amide bonds. The molecule has 0 aliphatic heterocycles. The second-order valence-corrected chi connectivity index (χ2v) is 15.4. The molecule has 1 aromatic heterocycles. The zero-order valence-corrected chi connectivity index (χ0v) is 33.5. The molecule has 0 atom stereocenters. The van der Waals surface area contributed by atoms with Crippen molar-refractivity contribution in [2.24, 2.45) is 0 Å². The van der Waals surface area contributed by atoms with Crippen molar-refractivity contribution in [3.63, 3.8) is 0 Å². The van der Waals surface area contributed by atoms with Crippen molar-refractivity contribution in [1.29, 1.82) is 0 Å². The van der Waals surface area contributed by atoms with Crippen LogP contribution in [0.25, 0.3) is 60.5 Å². The fourth-order valence-corrected chi connectivity index (χ4v) is 8.87. The van der Waals surface area contributed by atoms with Crippen molar-refractivity contribution in [2.75, 3.05) is 9.80 Å². The molecular formula is C58H41N3. The second-order valence-electron chi connectivity index (χ2n) is 15.4. The maximum Gasteiger partial charge on any atom is 0.0547 e. The number of fused-ring (bicyclic) bond motifs is 4. The first-order valence-electron chi connectivity index (χ1n) is 20.8. The van der Waals surface area contributed by atoms with Crippen molar-refractivity contribution in [3.8, 4) is 27.9 Å². The van der Waals surface area contributed by atoms with Gasteiger partial charge in [-0.1, -0.05) is 152 Å². The van der Waals surface area contributed by atoms with E-state index < -0.39 is 0 Å². The van der Waals surface area contributed by atoms with Crippen LogP contribution in [0.15, 0.2) is 249 Å². The van der Waals surface area contributed by atoms with Gasteiger partial charge in [-0.3, -0.25) is 0 Å². The summed E-state index contributed by atoms with van der Waals surface area (Å²) in [5, 5.41) is 5.02. The molecule has 11 rings (SSSR count). The number of benzene rings is 10. The van der Waals surface area contributed by atoms with Gasteiger partial charge in [0.15, 0.2) is 0 Å². The predicted molar refractivity (Wildman–Crippen MR) is 259 cm³/mol. The van der Waals surface area contributed by atoms with Gasteiger partial charge >= 0.3 is 0 Å². The Balaban J connectivity index is 0.938. The number of rotatable bonds is 9. The van der Waals surface area contributed by atoms with Crippen LogP contribution in [0.4, 0.5) is 34.1 Å². The Morgan fingerprint density at radius 2 is 0.689 bits per heavy atom. The maximum absolute atomic E-state index is 2.38. The third-order valence-electron chi connectivity index (χ3n) is 11.8. The van der Waals surface area contributed by atoms with E-state index >= 15 is 0 Å². The van der Waals surface area contributed by atoms with E-state index in [0.29, 0.717) is 0 Å². The topological polar surface area (TPSA) is 11.4 Å². The molecule has 0 bridgehead atoms. The first kappa shape index (κ1) is 36.0. The molecule has 1 heterocycles. The van der Waals surface area contributed by atoms with Crippen LogP contribution in [-0.4, -0.2) is 4.57 Å². The minimum absolute atomic E-state index is 1.08. The number of hydrogen-bond donors (Lipinski definition) is 0. The average Bonchev–Trinajstić information content (AvgIpc) is 3.67. The summed E-state index contributed by atoms with van der Waals surface area (Å²) in [5.41, 5.74) is 14.9. The molecule has 3 heteroatoms. The van der Waals surface area contributed by atoms with E-state index in [9.17, 15) is 0 Å². The van der Waals surface area contributed by atoms with Crippen LogP contribution < -0.4 is 9.80 Å². The highest BCUT2D eigenvalue weighted by Gasteiger charge is 2.18. The SMILES string of the molecule is c1ccc(N(c2ccc(-c3ccc4c5ccccc5n(-c5ccccc5)c4c3)cc2)c2ccc(N(c3ccccc3)c3ccc(-c4cccc5ccccc45)cc3)cc2)cc1. The fraction of sp³-hybridized carbons (Fsp3) is 0. The molecule has 11 aromatic rings. The molecule has 0 fully saturated rings. The van der Waals surface area contributed by atoms with Crippen molar-refractivity contribution in [1.82, 2.24) is 4.57 Å². The Kier molecular flexibility index (Phi) is 9.18. The van der Waals surface area contributed by atoms with E-state index in [1.165, 1.54) is 54.8 Å². The minimum atomic E-state index is 1.08. The highest BCUT2D eigenvalue weighted by molar-refractivity contribution is 6.10. The van der Waals surface area contributed by atoms with Gasteiger partial charge in [0.05, 0.1) is 11.0 Å². The van der Waals surface area contributed by atoms with Gasteiger partial charge in [-0.15, -0.1) is 0 Å². The van der Waals surface area contributed by atoms with Crippen LogP contribution in [0.5, 0.6) is 0 Å². The fourth-order valence-electron chi connectivity index (χ4n) is 8.87. The summed E-state index contributed by atoms with van der Waals surface area (Å²) in [4.78, 5) is 4.65. The summed E-state index contributed by atoms with van der Waals surface area (Å²) in [6.45, 7) is 0. The average molecular weight is 780 g/mol. The number of anilines is 6. The summed E-state index contributed by atoms with van der Waals surface area (Å²) in [7, 11) is 0. The lowest BCUT2D eigenvalue weighted by atomic mass is 9.98. The van der Waals surface area contributed by atoms with E-state index in [0.717, 1.165) is 39.8 Å². The molecule has 0 saturated heterocycles. The Hall–Kier alpha value is -8.14. The standard InChI is InChI=1S/C58H41N3/c1-4-17-46(18-5-1)59(49-32-27-42(28-33-49)45-31-40-56-55-24-12-13-26-57(55)61(58(56)41-45)48-21-8-3-9-22-48)51-36-38-52(39-37-51)60(47-19-6-2-7-20-47)50-34-29-44(30-35-50)54-25-14-16-43-15-10-11-23-53(43)54/h1-41H. The number of hydrogen-bond acceptors (Lipinski definition) is 2. The third kappa shape index (κ3) is 6.69. The zero-order valence-electron chi connectivity index (χ0n) is 33.5. The smallest absolute Gasteiger partial charge is 0.0547 e. The monoisotopic (exact) mass is 779 g/mol. The normalized spacial score (nSPS) is 11.3. The van der Waals surface area contributed by atoms with Crippen LogP contribution in [0.1, 0.15) is 0 Å². The van der Waals surface area contributed by atoms with Crippen molar-refractivity contribution >= 4 is 66.7 Å². The molecule has 0 N–H and O–H groups in total. The Morgan fingerprint density at radius 3 is 1.30 bits per heavy atom. The van der Waals surface area contributed by atoms with Gasteiger partial charge in [-0.2, -0.15) is 0 Å². The lowest BCUT2D eigenvalue weighted by molar-refractivity contribution is 1.18. The predicted octanol–water partition coefficient (Wildman–Crippen LogP) is 16.2. The van der Waals surface area contributed by atoms with Crippen molar-refractivity contribution in [2.45, 2.75) is 0 Å². The van der Waals surface area contributed by atoms with Crippen LogP contribution in [0.2, 0.25) is 0 Å². The van der Waals surface area contributed by atoms with Crippen LogP contribution in [-0.2, 0) is 0 Å². The van der Waals surface area contributed by atoms with Gasteiger partial charge in [-0.05, 0) is 130 Å². The summed E-state index contributed by atoms with van der Waals surface area (Å²) >= 11 is 0. The van der Waals surface area contributed by atoms with E-state index in [1.54, 1.807) is 0 Å². The number of nitrogens with zero attached hydrogens (tertiary/aromatic N) is 3. The molecular weight excluding hydrogens is 739 g/mol. The molecule has 0 saturated carbocycles. The highest BCUT2D eigenvalue weighted by atomic mass is 15.2. The van der Waals surface area contributed by atoms with Gasteiger partial charge < -0.3 is 14.4 Å². The molecule has 0 spiro atoms. The lowest BCUT2D eigenvalue weighted by Gasteiger charge is -2.28. The molecule has 288 valence electrons. The summed E-state index contributed by atoms with van der Waals surface area (Å²) in [6.07, 6.45) is 0. The molecule has 3 nitrogen and oxygen atoms in total. The minimum Gasteiger partial charge on any atom is -0.311 e. The maximum atomic E-state index is 2.38. The number of aromatic nitrogens is 1. The molecule has 61 heavy (non-hydrogen) atoms.